The number of rotatable bonds is 9. The highest BCUT2D eigenvalue weighted by Crippen LogP contribution is 2.39. The van der Waals surface area contributed by atoms with Crippen molar-refractivity contribution in [2.45, 2.75) is 77.5 Å². The van der Waals surface area contributed by atoms with Crippen molar-refractivity contribution in [1.82, 2.24) is 18.7 Å². The first kappa shape index (κ1) is 29.7. The number of aryl methyl sites for hydroxylation is 1. The Morgan fingerprint density at radius 2 is 1.88 bits per heavy atom. The lowest BCUT2D eigenvalue weighted by Crippen LogP contribution is -2.44. The topological polar surface area (TPSA) is 107 Å². The van der Waals surface area contributed by atoms with Crippen LogP contribution in [-0.2, 0) is 15.7 Å². The fraction of sp³-hybridized carbons (Fsp3) is 0.517. The lowest BCUT2D eigenvalue weighted by Gasteiger charge is -2.37. The lowest BCUT2D eigenvalue weighted by atomic mass is 9.96. The van der Waals surface area contributed by atoms with Gasteiger partial charge in [0.2, 0.25) is 5.91 Å². The first-order valence-electron chi connectivity index (χ1n) is 13.6. The molecule has 1 aliphatic heterocycles. The van der Waals surface area contributed by atoms with Crippen LogP contribution < -0.4 is 16.0 Å². The predicted octanol–water partition coefficient (Wildman–Crippen LogP) is 4.23. The molecule has 3 atom stereocenters. The van der Waals surface area contributed by atoms with Gasteiger partial charge in [-0.3, -0.25) is 23.3 Å². The second kappa shape index (κ2) is 11.7. The summed E-state index contributed by atoms with van der Waals surface area (Å²) in [7, 11) is -0.501. The SMILES string of the molecule is COc1ccc(Cn2c(=O)c(C)cn([C@H]3C[C@H](CC(=O)n4ccnc4)[C@@H](CO[Si](C)(C)C(C)(C)C)O3)c2=O)cc1. The second-order valence-corrected chi connectivity index (χ2v) is 16.8. The summed E-state index contributed by atoms with van der Waals surface area (Å²) in [6, 6.07) is 7.25. The summed E-state index contributed by atoms with van der Waals surface area (Å²) in [5.74, 6) is 0.412. The predicted molar refractivity (Wildman–Crippen MR) is 154 cm³/mol. The molecule has 0 amide bonds. The Kier molecular flexibility index (Phi) is 8.67. The van der Waals surface area contributed by atoms with Crippen molar-refractivity contribution in [3.05, 3.63) is 81.1 Å². The van der Waals surface area contributed by atoms with Crippen molar-refractivity contribution in [2.24, 2.45) is 5.92 Å². The lowest BCUT2D eigenvalue weighted by molar-refractivity contribution is -0.0309. The van der Waals surface area contributed by atoms with E-state index in [9.17, 15) is 14.4 Å². The van der Waals surface area contributed by atoms with E-state index in [-0.39, 0.29) is 41.5 Å². The molecule has 3 aromatic rings. The van der Waals surface area contributed by atoms with Crippen LogP contribution in [-0.4, -0.2) is 52.7 Å². The Labute approximate surface area is 235 Å². The minimum Gasteiger partial charge on any atom is -0.497 e. The smallest absolute Gasteiger partial charge is 0.333 e. The first-order valence-corrected chi connectivity index (χ1v) is 16.5. The third-order valence-electron chi connectivity index (χ3n) is 8.18. The largest absolute Gasteiger partial charge is 0.497 e. The third-order valence-corrected chi connectivity index (χ3v) is 12.7. The third kappa shape index (κ3) is 6.37. The van der Waals surface area contributed by atoms with Crippen LogP contribution >= 0.6 is 0 Å². The van der Waals surface area contributed by atoms with Crippen molar-refractivity contribution >= 4 is 14.2 Å². The van der Waals surface area contributed by atoms with E-state index in [0.717, 1.165) is 5.56 Å². The van der Waals surface area contributed by atoms with Crippen LogP contribution in [0.4, 0.5) is 0 Å². The molecule has 40 heavy (non-hydrogen) atoms. The molecule has 2 aromatic heterocycles. The minimum atomic E-state index is -2.09. The Morgan fingerprint density at radius 1 is 1.18 bits per heavy atom. The molecular weight excluding hydrogens is 528 g/mol. The molecule has 10 nitrogen and oxygen atoms in total. The van der Waals surface area contributed by atoms with Crippen molar-refractivity contribution in [2.75, 3.05) is 13.7 Å². The number of ether oxygens (including phenoxy) is 2. The number of nitrogens with zero attached hydrogens (tertiary/aromatic N) is 4. The van der Waals surface area contributed by atoms with Gasteiger partial charge >= 0.3 is 5.69 Å². The molecule has 216 valence electrons. The van der Waals surface area contributed by atoms with E-state index in [4.69, 9.17) is 13.9 Å². The van der Waals surface area contributed by atoms with E-state index in [0.29, 0.717) is 24.3 Å². The molecule has 1 fully saturated rings. The van der Waals surface area contributed by atoms with E-state index in [1.807, 2.05) is 12.1 Å². The highest BCUT2D eigenvalue weighted by molar-refractivity contribution is 6.74. The monoisotopic (exact) mass is 568 g/mol. The number of methoxy groups -OCH3 is 1. The number of imidazole rings is 1. The second-order valence-electron chi connectivity index (χ2n) is 12.0. The van der Waals surface area contributed by atoms with E-state index in [2.05, 4.69) is 38.8 Å². The summed E-state index contributed by atoms with van der Waals surface area (Å²) in [6.07, 6.45) is 5.87. The zero-order valence-corrected chi connectivity index (χ0v) is 25.4. The molecule has 0 radical (unpaired) electrons. The highest BCUT2D eigenvalue weighted by Gasteiger charge is 2.42. The van der Waals surface area contributed by atoms with Gasteiger partial charge in [-0.1, -0.05) is 32.9 Å². The molecule has 0 aliphatic carbocycles. The summed E-state index contributed by atoms with van der Waals surface area (Å²) >= 11 is 0. The van der Waals surface area contributed by atoms with Gasteiger partial charge in [0.25, 0.3) is 5.56 Å². The van der Waals surface area contributed by atoms with E-state index in [1.54, 1.807) is 44.8 Å². The van der Waals surface area contributed by atoms with Crippen molar-refractivity contribution in [1.29, 1.82) is 0 Å². The summed E-state index contributed by atoms with van der Waals surface area (Å²) < 4.78 is 22.3. The van der Waals surface area contributed by atoms with Gasteiger partial charge in [-0.05, 0) is 49.2 Å². The minimum absolute atomic E-state index is 0.0120. The van der Waals surface area contributed by atoms with Crippen LogP contribution in [0.2, 0.25) is 18.1 Å². The highest BCUT2D eigenvalue weighted by atomic mass is 28.4. The molecular formula is C29H40N4O6Si. The number of aromatic nitrogens is 4. The maximum absolute atomic E-state index is 13.6. The number of hydrogen-bond donors (Lipinski definition) is 0. The fourth-order valence-electron chi connectivity index (χ4n) is 4.61. The van der Waals surface area contributed by atoms with Crippen LogP contribution in [0.5, 0.6) is 5.75 Å². The Hall–Kier alpha value is -3.28. The zero-order valence-electron chi connectivity index (χ0n) is 24.4. The summed E-state index contributed by atoms with van der Waals surface area (Å²) in [5, 5.41) is 0.0120. The van der Waals surface area contributed by atoms with Gasteiger partial charge in [0.05, 0.1) is 26.4 Å². The molecule has 0 saturated carbocycles. The fourth-order valence-corrected chi connectivity index (χ4v) is 5.62. The number of carbonyl (C=O) groups is 1. The molecule has 0 bridgehead atoms. The van der Waals surface area contributed by atoms with E-state index >= 15 is 0 Å². The molecule has 1 aliphatic rings. The maximum atomic E-state index is 13.6. The van der Waals surface area contributed by atoms with Gasteiger partial charge in [-0.25, -0.2) is 9.78 Å². The standard InChI is InChI=1S/C29H40N4O6Si/c1-20-16-32(28(36)33(27(20)35)17-21-8-10-23(37-5)11-9-21)26-15-22(14-25(34)31-13-12-30-19-31)24(39-26)18-38-40(6,7)29(2,3)4/h8-13,16,19,22,24,26H,14-15,17-18H2,1-7H3/t22-,24+,26+/m0/s1. The molecule has 1 saturated heterocycles. The molecule has 0 unspecified atom stereocenters. The van der Waals surface area contributed by atoms with Crippen molar-refractivity contribution in [3.63, 3.8) is 0 Å². The van der Waals surface area contributed by atoms with Gasteiger partial charge in [-0.15, -0.1) is 0 Å². The summed E-state index contributed by atoms with van der Waals surface area (Å²) in [6.45, 7) is 13.0. The molecule has 4 rings (SSSR count). The molecule has 0 N–H and O–H groups in total. The van der Waals surface area contributed by atoms with Crippen molar-refractivity contribution < 1.29 is 18.7 Å². The van der Waals surface area contributed by atoms with Gasteiger partial charge in [-0.2, -0.15) is 0 Å². The zero-order chi connectivity index (χ0) is 29.2. The van der Waals surface area contributed by atoms with Crippen LogP contribution in [0.1, 0.15) is 55.8 Å². The van der Waals surface area contributed by atoms with E-state index in [1.165, 1.54) is 20.0 Å². The molecule has 3 heterocycles. The quantitative estimate of drug-likeness (QED) is 0.356. The average Bonchev–Trinajstić information content (AvgIpc) is 3.58. The number of carbonyl (C=O) groups excluding carboxylic acids is 1. The van der Waals surface area contributed by atoms with Gasteiger partial charge < -0.3 is 13.9 Å². The number of hydrogen-bond acceptors (Lipinski definition) is 7. The van der Waals surface area contributed by atoms with Crippen LogP contribution in [0, 0.1) is 12.8 Å². The van der Waals surface area contributed by atoms with Crippen LogP contribution in [0.15, 0.2) is 58.8 Å². The van der Waals surface area contributed by atoms with Gasteiger partial charge in [0, 0.05) is 36.5 Å². The van der Waals surface area contributed by atoms with E-state index < -0.39 is 20.2 Å². The molecule has 1 aromatic carbocycles. The van der Waals surface area contributed by atoms with Crippen LogP contribution in [0.3, 0.4) is 0 Å². The molecule has 11 heteroatoms. The van der Waals surface area contributed by atoms with Crippen LogP contribution in [0.25, 0.3) is 0 Å². The normalized spacial score (nSPS) is 19.6. The summed E-state index contributed by atoms with van der Waals surface area (Å²) in [5.41, 5.74) is 0.430. The number of benzene rings is 1. The Balaban J connectivity index is 1.62. The average molecular weight is 569 g/mol. The van der Waals surface area contributed by atoms with Gasteiger partial charge in [0.1, 0.15) is 18.3 Å². The summed E-state index contributed by atoms with van der Waals surface area (Å²) in [4.78, 5) is 43.6. The van der Waals surface area contributed by atoms with Gasteiger partial charge in [0.15, 0.2) is 8.32 Å². The Bertz CT molecular complexity index is 1440. The maximum Gasteiger partial charge on any atom is 0.333 e. The van der Waals surface area contributed by atoms with Crippen molar-refractivity contribution in [3.8, 4) is 5.75 Å². The Morgan fingerprint density at radius 3 is 2.48 bits per heavy atom. The first-order chi connectivity index (χ1) is 18.8. The molecule has 0 spiro atoms.